The highest BCUT2D eigenvalue weighted by atomic mass is 19.1. The zero-order chi connectivity index (χ0) is 19.2. The first-order valence-electron chi connectivity index (χ1n) is 9.12. The van der Waals surface area contributed by atoms with Gasteiger partial charge in [-0.05, 0) is 41.8 Å². The van der Waals surface area contributed by atoms with E-state index in [4.69, 9.17) is 14.6 Å². The Labute approximate surface area is 158 Å². The summed E-state index contributed by atoms with van der Waals surface area (Å²) in [4.78, 5) is 13.2. The number of hydrogen-bond acceptors (Lipinski definition) is 4. The molecular formula is C21H24FNO4. The van der Waals surface area contributed by atoms with Crippen LogP contribution < -0.4 is 4.74 Å². The predicted octanol–water partition coefficient (Wildman–Crippen LogP) is 3.57. The second-order valence-electron chi connectivity index (χ2n) is 6.65. The minimum atomic E-state index is -1.01. The smallest absolute Gasteiger partial charge is 0.341 e. The van der Waals surface area contributed by atoms with Crippen molar-refractivity contribution < 1.29 is 23.8 Å². The first-order chi connectivity index (χ1) is 13.0. The number of carboxylic acid groups (broad SMARTS) is 1. The van der Waals surface area contributed by atoms with Gasteiger partial charge in [0.05, 0.1) is 12.7 Å². The molecule has 0 bridgehead atoms. The van der Waals surface area contributed by atoms with E-state index < -0.39 is 5.97 Å². The Balaban J connectivity index is 1.85. The topological polar surface area (TPSA) is 59.0 Å². The Bertz CT molecular complexity index is 778. The summed E-state index contributed by atoms with van der Waals surface area (Å²) in [5, 5.41) is 8.92. The highest BCUT2D eigenvalue weighted by Gasteiger charge is 2.20. The van der Waals surface area contributed by atoms with Gasteiger partial charge in [-0.25, -0.2) is 9.18 Å². The molecule has 1 fully saturated rings. The third kappa shape index (κ3) is 5.28. The fourth-order valence-corrected chi connectivity index (χ4v) is 3.22. The normalized spacial score (nSPS) is 17.6. The van der Waals surface area contributed by atoms with E-state index >= 15 is 0 Å². The van der Waals surface area contributed by atoms with Gasteiger partial charge in [-0.3, -0.25) is 4.90 Å². The number of morpholine rings is 1. The van der Waals surface area contributed by atoms with Crippen molar-refractivity contribution in [1.29, 1.82) is 0 Å². The highest BCUT2D eigenvalue weighted by molar-refractivity contribution is 5.69. The molecule has 0 aliphatic carbocycles. The molecule has 1 aliphatic rings. The fourth-order valence-electron chi connectivity index (χ4n) is 3.22. The lowest BCUT2D eigenvalue weighted by Crippen LogP contribution is -2.41. The van der Waals surface area contributed by atoms with E-state index in [0.717, 1.165) is 36.2 Å². The van der Waals surface area contributed by atoms with Crippen molar-refractivity contribution >= 4 is 5.97 Å². The molecule has 0 unspecified atom stereocenters. The first-order valence-corrected chi connectivity index (χ1v) is 9.12. The molecule has 0 spiro atoms. The molecule has 0 amide bonds. The van der Waals surface area contributed by atoms with Crippen LogP contribution in [0, 0.1) is 5.82 Å². The van der Waals surface area contributed by atoms with E-state index in [9.17, 15) is 9.18 Å². The van der Waals surface area contributed by atoms with E-state index in [1.807, 2.05) is 12.1 Å². The van der Waals surface area contributed by atoms with Gasteiger partial charge < -0.3 is 14.6 Å². The highest BCUT2D eigenvalue weighted by Crippen LogP contribution is 2.28. The van der Waals surface area contributed by atoms with Crippen molar-refractivity contribution in [2.75, 3.05) is 26.3 Å². The maximum absolute atomic E-state index is 13.2. The number of ether oxygens (including phenoxy) is 2. The van der Waals surface area contributed by atoms with Crippen LogP contribution in [0.2, 0.25) is 0 Å². The number of hydrogen-bond donors (Lipinski definition) is 1. The molecule has 1 heterocycles. The molecule has 2 aromatic carbocycles. The minimum Gasteiger partial charge on any atom is -0.482 e. The Morgan fingerprint density at radius 3 is 2.70 bits per heavy atom. The van der Waals surface area contributed by atoms with Gasteiger partial charge in [-0.15, -0.1) is 0 Å². The molecule has 0 saturated carbocycles. The maximum atomic E-state index is 13.2. The molecule has 1 N–H and O–H groups in total. The van der Waals surface area contributed by atoms with E-state index in [-0.39, 0.29) is 18.5 Å². The summed E-state index contributed by atoms with van der Waals surface area (Å²) in [5.74, 6) is -0.733. The quantitative estimate of drug-likeness (QED) is 0.804. The molecule has 2 aromatic rings. The molecule has 1 atom stereocenters. The summed E-state index contributed by atoms with van der Waals surface area (Å²) >= 11 is 0. The number of nitrogens with zero attached hydrogens (tertiary/aromatic N) is 1. The third-order valence-corrected chi connectivity index (χ3v) is 4.66. The second kappa shape index (κ2) is 8.97. The van der Waals surface area contributed by atoms with Crippen molar-refractivity contribution in [2.24, 2.45) is 0 Å². The summed E-state index contributed by atoms with van der Waals surface area (Å²) in [7, 11) is 0. The third-order valence-electron chi connectivity index (χ3n) is 4.66. The molecule has 0 radical (unpaired) electrons. The van der Waals surface area contributed by atoms with Crippen LogP contribution in [-0.2, 0) is 16.1 Å². The Hall–Kier alpha value is -2.44. The summed E-state index contributed by atoms with van der Waals surface area (Å²) in [6, 6.07) is 12.0. The predicted molar refractivity (Wildman–Crippen MR) is 100 cm³/mol. The maximum Gasteiger partial charge on any atom is 0.341 e. The van der Waals surface area contributed by atoms with Gasteiger partial charge in [0.15, 0.2) is 6.61 Å². The Kier molecular flexibility index (Phi) is 6.42. The van der Waals surface area contributed by atoms with Crippen LogP contribution in [0.5, 0.6) is 5.75 Å². The van der Waals surface area contributed by atoms with Crippen molar-refractivity contribution in [1.82, 2.24) is 4.90 Å². The summed E-state index contributed by atoms with van der Waals surface area (Å²) in [6.45, 7) is 4.69. The van der Waals surface area contributed by atoms with Gasteiger partial charge in [-0.2, -0.15) is 0 Å². The Morgan fingerprint density at radius 1 is 1.26 bits per heavy atom. The summed E-state index contributed by atoms with van der Waals surface area (Å²) in [5.41, 5.74) is 2.75. The van der Waals surface area contributed by atoms with Crippen LogP contribution in [0.1, 0.15) is 18.9 Å². The van der Waals surface area contributed by atoms with Crippen LogP contribution in [0.15, 0.2) is 42.5 Å². The zero-order valence-corrected chi connectivity index (χ0v) is 15.4. The largest absolute Gasteiger partial charge is 0.482 e. The van der Waals surface area contributed by atoms with Crippen LogP contribution in [0.3, 0.4) is 0 Å². The second-order valence-corrected chi connectivity index (χ2v) is 6.65. The van der Waals surface area contributed by atoms with E-state index in [1.54, 1.807) is 18.2 Å². The number of aliphatic carboxylic acids is 1. The van der Waals surface area contributed by atoms with Gasteiger partial charge in [0.2, 0.25) is 0 Å². The number of halogens is 1. The lowest BCUT2D eigenvalue weighted by atomic mass is 10.0. The lowest BCUT2D eigenvalue weighted by Gasteiger charge is -2.32. The molecule has 27 heavy (non-hydrogen) atoms. The number of rotatable bonds is 7. The zero-order valence-electron chi connectivity index (χ0n) is 15.4. The van der Waals surface area contributed by atoms with Crippen LogP contribution >= 0.6 is 0 Å². The molecule has 6 heteroatoms. The van der Waals surface area contributed by atoms with Crippen LogP contribution in [0.4, 0.5) is 4.39 Å². The van der Waals surface area contributed by atoms with Crippen molar-refractivity contribution in [2.45, 2.75) is 26.0 Å². The Morgan fingerprint density at radius 2 is 2.00 bits per heavy atom. The van der Waals surface area contributed by atoms with Gasteiger partial charge in [0.1, 0.15) is 11.6 Å². The fraction of sp³-hybridized carbons (Fsp3) is 0.381. The molecule has 144 valence electrons. The summed E-state index contributed by atoms with van der Waals surface area (Å²) in [6.07, 6.45) is 1.16. The standard InChI is InChI=1S/C21H24FNO4/c1-2-19-13-23(9-10-26-19)12-17-11-16(15-3-6-18(22)7-4-15)5-8-20(17)27-14-21(24)25/h3-8,11,19H,2,9-10,12-14H2,1H3,(H,24,25)/t19-/m0/s1. The van der Waals surface area contributed by atoms with Gasteiger partial charge in [0, 0.05) is 25.2 Å². The first kappa shape index (κ1) is 19.3. The minimum absolute atomic E-state index is 0.211. The number of carbonyl (C=O) groups is 1. The number of carboxylic acids is 1. The molecule has 1 aliphatic heterocycles. The van der Waals surface area contributed by atoms with Gasteiger partial charge >= 0.3 is 5.97 Å². The van der Waals surface area contributed by atoms with Crippen molar-refractivity contribution in [3.8, 4) is 16.9 Å². The average Bonchev–Trinajstić information content (AvgIpc) is 2.67. The van der Waals surface area contributed by atoms with Gasteiger partial charge in [0.25, 0.3) is 0 Å². The van der Waals surface area contributed by atoms with Crippen molar-refractivity contribution in [3.05, 3.63) is 53.8 Å². The SMILES string of the molecule is CC[C@H]1CN(Cc2cc(-c3ccc(F)cc3)ccc2OCC(=O)O)CCO1. The van der Waals surface area contributed by atoms with E-state index in [0.29, 0.717) is 18.9 Å². The number of benzene rings is 2. The lowest BCUT2D eigenvalue weighted by molar-refractivity contribution is -0.139. The molecular weight excluding hydrogens is 349 g/mol. The molecule has 1 saturated heterocycles. The molecule has 3 rings (SSSR count). The monoisotopic (exact) mass is 373 g/mol. The average molecular weight is 373 g/mol. The van der Waals surface area contributed by atoms with Crippen molar-refractivity contribution in [3.63, 3.8) is 0 Å². The molecule has 5 nitrogen and oxygen atoms in total. The summed E-state index contributed by atoms with van der Waals surface area (Å²) < 4.78 is 24.4. The van der Waals surface area contributed by atoms with Crippen LogP contribution in [-0.4, -0.2) is 48.4 Å². The molecule has 0 aromatic heterocycles. The van der Waals surface area contributed by atoms with Gasteiger partial charge in [-0.1, -0.05) is 25.1 Å². The van der Waals surface area contributed by atoms with E-state index in [1.165, 1.54) is 12.1 Å². The van der Waals surface area contributed by atoms with E-state index in [2.05, 4.69) is 11.8 Å². The van der Waals surface area contributed by atoms with Crippen LogP contribution in [0.25, 0.3) is 11.1 Å².